The summed E-state index contributed by atoms with van der Waals surface area (Å²) in [6.07, 6.45) is 4.73. The van der Waals surface area contributed by atoms with Gasteiger partial charge in [-0.2, -0.15) is 0 Å². The van der Waals surface area contributed by atoms with Crippen molar-refractivity contribution in [2.75, 3.05) is 39.9 Å². The summed E-state index contributed by atoms with van der Waals surface area (Å²) >= 11 is 0. The monoisotopic (exact) mass is 515 g/mol. The van der Waals surface area contributed by atoms with Crippen molar-refractivity contribution in [1.82, 2.24) is 25.2 Å². The van der Waals surface area contributed by atoms with Crippen LogP contribution in [0.3, 0.4) is 0 Å². The van der Waals surface area contributed by atoms with Crippen LogP contribution in [-0.4, -0.2) is 75.9 Å². The van der Waals surface area contributed by atoms with Crippen molar-refractivity contribution in [3.05, 3.63) is 60.3 Å². The van der Waals surface area contributed by atoms with Crippen molar-refractivity contribution >= 4 is 16.9 Å². The number of carbonyl (C=O) groups is 1. The number of pyridine rings is 1. The Labute approximate surface area is 221 Å². The van der Waals surface area contributed by atoms with Crippen LogP contribution >= 0.6 is 0 Å². The normalized spacial score (nSPS) is 16.0. The molecule has 1 aliphatic heterocycles. The molecular weight excluding hydrogens is 482 g/mol. The number of aliphatic hydroxyl groups excluding tert-OH is 1. The molecule has 1 saturated heterocycles. The summed E-state index contributed by atoms with van der Waals surface area (Å²) in [5.74, 6) is 1.32. The Hall–Kier alpha value is -3.95. The molecule has 5 rings (SSSR count). The number of hydrogen-bond acceptors (Lipinski definition) is 7. The molecule has 4 aromatic rings. The average molecular weight is 516 g/mol. The number of likely N-dealkylation sites (tertiary alicyclic amines) is 1. The molecule has 0 saturated carbocycles. The number of piperidine rings is 1. The highest BCUT2D eigenvalue weighted by Gasteiger charge is 2.19. The van der Waals surface area contributed by atoms with Crippen molar-refractivity contribution in [3.63, 3.8) is 0 Å². The average Bonchev–Trinajstić information content (AvgIpc) is 3.39. The molecule has 4 N–H and O–H groups in total. The number of nitrogens with zero attached hydrogens (tertiary/aromatic N) is 3. The highest BCUT2D eigenvalue weighted by atomic mass is 16.5. The number of methoxy groups -OCH3 is 1. The van der Waals surface area contributed by atoms with Crippen LogP contribution in [0.1, 0.15) is 29.6 Å². The predicted octanol–water partition coefficient (Wildman–Crippen LogP) is 3.83. The van der Waals surface area contributed by atoms with E-state index in [0.29, 0.717) is 46.3 Å². The fraction of sp³-hybridized carbons (Fsp3) is 0.345. The van der Waals surface area contributed by atoms with Crippen molar-refractivity contribution < 1.29 is 19.7 Å². The summed E-state index contributed by atoms with van der Waals surface area (Å²) in [7, 11) is 1.57. The molecule has 0 spiro atoms. The quantitative estimate of drug-likeness (QED) is 0.250. The number of fused-ring (bicyclic) bond motifs is 1. The number of imidazole rings is 1. The zero-order valence-corrected chi connectivity index (χ0v) is 21.5. The van der Waals surface area contributed by atoms with Gasteiger partial charge in [0.25, 0.3) is 5.91 Å². The first-order valence-electron chi connectivity index (χ1n) is 13.0. The van der Waals surface area contributed by atoms with E-state index >= 15 is 0 Å². The number of H-pyrrole nitrogens is 1. The van der Waals surface area contributed by atoms with Crippen molar-refractivity contribution in [3.8, 4) is 34.1 Å². The van der Waals surface area contributed by atoms with Gasteiger partial charge in [0.2, 0.25) is 5.88 Å². The van der Waals surface area contributed by atoms with Gasteiger partial charge in [-0.05, 0) is 86.3 Å². The Bertz CT molecular complexity index is 1420. The molecule has 9 nitrogen and oxygen atoms in total. The Kier molecular flexibility index (Phi) is 7.86. The largest absolute Gasteiger partial charge is 0.507 e. The third-order valence-corrected chi connectivity index (χ3v) is 7.07. The maximum absolute atomic E-state index is 12.8. The number of phenolic OH excluding ortho intramolecular Hbond substituents is 1. The number of aromatic amines is 1. The molecule has 0 radical (unpaired) electrons. The second kappa shape index (κ2) is 11.6. The van der Waals surface area contributed by atoms with E-state index in [1.807, 2.05) is 18.2 Å². The second-order valence-electron chi connectivity index (χ2n) is 9.71. The summed E-state index contributed by atoms with van der Waals surface area (Å²) in [5, 5.41) is 23.0. The molecule has 2 aromatic carbocycles. The Morgan fingerprint density at radius 3 is 2.95 bits per heavy atom. The standard InChI is InChI=1S/C29H33N5O4/c1-38-29-22(6-2-11-31-29)20-8-10-26(36)23(15-20)27-32-24-9-7-21(16-25(24)33-27)28(37)30-12-4-14-34-13-3-5-19(17-34)18-35/h2,6-11,15-16,19,35-36H,3-5,12-14,17-18H2,1H3,(H,30,37)(H,32,33). The van der Waals surface area contributed by atoms with Gasteiger partial charge >= 0.3 is 0 Å². The van der Waals surface area contributed by atoms with Crippen LogP contribution in [0, 0.1) is 5.92 Å². The minimum Gasteiger partial charge on any atom is -0.507 e. The van der Waals surface area contributed by atoms with Gasteiger partial charge in [-0.25, -0.2) is 9.97 Å². The molecule has 3 heterocycles. The number of aliphatic hydroxyl groups is 1. The van der Waals surface area contributed by atoms with Crippen LogP contribution in [0.25, 0.3) is 33.5 Å². The van der Waals surface area contributed by atoms with Gasteiger partial charge in [0, 0.05) is 37.0 Å². The second-order valence-corrected chi connectivity index (χ2v) is 9.71. The lowest BCUT2D eigenvalue weighted by atomic mass is 9.99. The Morgan fingerprint density at radius 2 is 2.11 bits per heavy atom. The highest BCUT2D eigenvalue weighted by Crippen LogP contribution is 2.35. The van der Waals surface area contributed by atoms with Gasteiger partial charge in [0.15, 0.2) is 0 Å². The SMILES string of the molecule is COc1ncccc1-c1ccc(O)c(-c2nc3ccc(C(=O)NCCCN4CCCC(CO)C4)cc3[nH]2)c1. The van der Waals surface area contributed by atoms with Gasteiger partial charge in [-0.3, -0.25) is 4.79 Å². The fourth-order valence-electron chi connectivity index (χ4n) is 5.05. The van der Waals surface area contributed by atoms with E-state index in [1.165, 1.54) is 0 Å². The molecule has 0 bridgehead atoms. The molecule has 1 amide bonds. The molecule has 1 aliphatic rings. The van der Waals surface area contributed by atoms with Gasteiger partial charge < -0.3 is 30.2 Å². The van der Waals surface area contributed by atoms with Crippen LogP contribution in [0.5, 0.6) is 11.6 Å². The van der Waals surface area contributed by atoms with E-state index in [2.05, 4.69) is 25.2 Å². The van der Waals surface area contributed by atoms with Crippen LogP contribution in [0.2, 0.25) is 0 Å². The number of ether oxygens (including phenoxy) is 1. The topological polar surface area (TPSA) is 124 Å². The summed E-state index contributed by atoms with van der Waals surface area (Å²) in [4.78, 5) is 27.3. The van der Waals surface area contributed by atoms with Crippen molar-refractivity contribution in [1.29, 1.82) is 0 Å². The first-order chi connectivity index (χ1) is 18.6. The molecule has 0 aliphatic carbocycles. The van der Waals surface area contributed by atoms with Gasteiger partial charge in [-0.1, -0.05) is 6.07 Å². The molecule has 1 atom stereocenters. The van der Waals surface area contributed by atoms with Crippen LogP contribution in [-0.2, 0) is 0 Å². The Morgan fingerprint density at radius 1 is 1.21 bits per heavy atom. The summed E-state index contributed by atoms with van der Waals surface area (Å²) in [5.41, 5.74) is 4.13. The number of rotatable bonds is 9. The fourth-order valence-corrected chi connectivity index (χ4v) is 5.05. The first-order valence-corrected chi connectivity index (χ1v) is 13.0. The van der Waals surface area contributed by atoms with Gasteiger partial charge in [0.1, 0.15) is 11.6 Å². The molecule has 1 unspecified atom stereocenters. The van der Waals surface area contributed by atoms with E-state index < -0.39 is 0 Å². The number of aromatic nitrogens is 3. The number of amides is 1. The zero-order valence-electron chi connectivity index (χ0n) is 21.5. The van der Waals surface area contributed by atoms with Crippen LogP contribution in [0.15, 0.2) is 54.7 Å². The van der Waals surface area contributed by atoms with Gasteiger partial charge in [0.05, 0.1) is 23.7 Å². The third kappa shape index (κ3) is 5.64. The summed E-state index contributed by atoms with van der Waals surface area (Å²) in [6, 6.07) is 14.3. The van der Waals surface area contributed by atoms with E-state index in [9.17, 15) is 15.0 Å². The van der Waals surface area contributed by atoms with E-state index in [-0.39, 0.29) is 18.3 Å². The molecule has 38 heavy (non-hydrogen) atoms. The smallest absolute Gasteiger partial charge is 0.251 e. The molecular formula is C29H33N5O4. The molecule has 1 fully saturated rings. The van der Waals surface area contributed by atoms with E-state index in [1.54, 1.807) is 43.6 Å². The summed E-state index contributed by atoms with van der Waals surface area (Å²) in [6.45, 7) is 3.72. The van der Waals surface area contributed by atoms with Crippen LogP contribution < -0.4 is 10.1 Å². The minimum absolute atomic E-state index is 0.0904. The number of benzene rings is 2. The lowest BCUT2D eigenvalue weighted by Crippen LogP contribution is -2.38. The summed E-state index contributed by atoms with van der Waals surface area (Å²) < 4.78 is 5.39. The first kappa shape index (κ1) is 25.7. The zero-order chi connectivity index (χ0) is 26.5. The lowest BCUT2D eigenvalue weighted by Gasteiger charge is -2.31. The maximum Gasteiger partial charge on any atom is 0.251 e. The van der Waals surface area contributed by atoms with Crippen molar-refractivity contribution in [2.24, 2.45) is 5.92 Å². The predicted molar refractivity (Wildman–Crippen MR) is 146 cm³/mol. The maximum atomic E-state index is 12.8. The minimum atomic E-state index is -0.136. The highest BCUT2D eigenvalue weighted by molar-refractivity contribution is 5.97. The number of aromatic hydroxyl groups is 1. The van der Waals surface area contributed by atoms with Crippen LogP contribution in [0.4, 0.5) is 0 Å². The molecule has 9 heteroatoms. The van der Waals surface area contributed by atoms with E-state index in [4.69, 9.17) is 4.74 Å². The lowest BCUT2D eigenvalue weighted by molar-refractivity contribution is 0.0946. The number of hydrogen-bond donors (Lipinski definition) is 4. The number of phenols is 1. The third-order valence-electron chi connectivity index (χ3n) is 7.07. The van der Waals surface area contributed by atoms with Crippen molar-refractivity contribution in [2.45, 2.75) is 19.3 Å². The number of carbonyl (C=O) groups excluding carboxylic acids is 1. The molecule has 2 aromatic heterocycles. The van der Waals surface area contributed by atoms with E-state index in [0.717, 1.165) is 50.0 Å². The number of nitrogens with one attached hydrogen (secondary N) is 2. The Balaban J connectivity index is 1.27. The molecule has 198 valence electrons. The van der Waals surface area contributed by atoms with Gasteiger partial charge in [-0.15, -0.1) is 0 Å².